The first kappa shape index (κ1) is 24.7. The molecule has 0 saturated carbocycles. The number of hydrogen-bond donors (Lipinski definition) is 4. The van der Waals surface area contributed by atoms with Crippen molar-refractivity contribution in [1.82, 2.24) is 20.2 Å². The van der Waals surface area contributed by atoms with Gasteiger partial charge in [-0.1, -0.05) is 0 Å². The van der Waals surface area contributed by atoms with Gasteiger partial charge in [-0.2, -0.15) is 0 Å². The molecule has 0 aromatic carbocycles. The van der Waals surface area contributed by atoms with Gasteiger partial charge in [0.1, 0.15) is 12.3 Å². The number of carbonyl (C=O) groups excluding carboxylic acids is 3. The molecule has 35 heavy (non-hydrogen) atoms. The van der Waals surface area contributed by atoms with Crippen molar-refractivity contribution in [3.8, 4) is 0 Å². The monoisotopic (exact) mass is 491 g/mol. The fraction of sp³-hybridized carbons (Fsp3) is 0.591. The molecule has 4 heterocycles. The lowest BCUT2D eigenvalue weighted by Gasteiger charge is -2.30. The van der Waals surface area contributed by atoms with Crippen molar-refractivity contribution in [2.75, 3.05) is 6.54 Å². The van der Waals surface area contributed by atoms with E-state index >= 15 is 0 Å². The van der Waals surface area contributed by atoms with E-state index in [0.29, 0.717) is 38.6 Å². The van der Waals surface area contributed by atoms with Crippen molar-refractivity contribution >= 4 is 17.7 Å². The fourth-order valence-corrected chi connectivity index (χ4v) is 4.38. The van der Waals surface area contributed by atoms with Crippen molar-refractivity contribution in [3.05, 3.63) is 44.9 Å². The summed E-state index contributed by atoms with van der Waals surface area (Å²) in [7, 11) is 0. The van der Waals surface area contributed by atoms with Crippen LogP contribution in [0.4, 0.5) is 0 Å². The van der Waals surface area contributed by atoms with Crippen LogP contribution < -0.4 is 27.6 Å². The smallest absolute Gasteiger partial charge is 0.330 e. The molecule has 0 aliphatic carbocycles. The highest BCUT2D eigenvalue weighted by atomic mass is 16.7. The van der Waals surface area contributed by atoms with E-state index in [-0.39, 0.29) is 11.7 Å². The van der Waals surface area contributed by atoms with Gasteiger partial charge in [0.15, 0.2) is 11.9 Å². The second-order valence-electron chi connectivity index (χ2n) is 8.69. The Morgan fingerprint density at radius 3 is 2.77 bits per heavy atom. The molecule has 3 aliphatic heterocycles. The third kappa shape index (κ3) is 5.98. The fourth-order valence-electron chi connectivity index (χ4n) is 4.38. The summed E-state index contributed by atoms with van der Waals surface area (Å²) in [6, 6.07) is 0.558. The zero-order valence-corrected chi connectivity index (χ0v) is 19.1. The minimum Gasteiger partial charge on any atom is -0.459 e. The number of amides is 3. The van der Waals surface area contributed by atoms with Crippen molar-refractivity contribution in [2.45, 2.75) is 75.7 Å². The minimum absolute atomic E-state index is 0.00604. The summed E-state index contributed by atoms with van der Waals surface area (Å²) in [6.45, 7) is 0.579. The van der Waals surface area contributed by atoms with Gasteiger partial charge in [0.2, 0.25) is 18.1 Å². The van der Waals surface area contributed by atoms with E-state index in [2.05, 4.69) is 15.6 Å². The molecule has 1 aromatic heterocycles. The van der Waals surface area contributed by atoms with Crippen LogP contribution in [-0.2, 0) is 28.6 Å². The number of rotatable bonds is 7. The summed E-state index contributed by atoms with van der Waals surface area (Å²) in [5, 5.41) is 5.45. The average molecular weight is 492 g/mol. The van der Waals surface area contributed by atoms with E-state index in [1.165, 1.54) is 16.8 Å². The first-order valence-electron chi connectivity index (χ1n) is 11.7. The lowest BCUT2D eigenvalue weighted by atomic mass is 10.1. The number of aromatic nitrogens is 2. The Bertz CT molecular complexity index is 1110. The van der Waals surface area contributed by atoms with Crippen LogP contribution in [0.25, 0.3) is 0 Å². The number of H-pyrrole nitrogens is 1. The van der Waals surface area contributed by atoms with E-state index in [1.54, 1.807) is 6.08 Å². The van der Waals surface area contributed by atoms with E-state index in [1.807, 2.05) is 0 Å². The number of nitrogens with two attached hydrogens (primary N) is 1. The standard InChI is InChI=1S/C22H29N5O8/c23-19(29)18(13-7-8-16(33-13)27-11-9-15(28)26-22(27)32)35-17-6-3-5-14(34-17)21(31)25-12-4-1-2-10-24-20(12)30/h5,9,11-13,16-18H,1-4,6-8,10H2,(H2,23,29)(H,24,30)(H,25,31)(H,26,28,32). The molecule has 13 nitrogen and oxygen atoms in total. The van der Waals surface area contributed by atoms with Crippen LogP contribution in [0.15, 0.2) is 33.7 Å². The number of nitrogens with one attached hydrogen (secondary N) is 3. The van der Waals surface area contributed by atoms with Crippen LogP contribution in [0.3, 0.4) is 0 Å². The van der Waals surface area contributed by atoms with Gasteiger partial charge in [0.05, 0.1) is 6.10 Å². The van der Waals surface area contributed by atoms with Gasteiger partial charge >= 0.3 is 5.69 Å². The van der Waals surface area contributed by atoms with E-state index < -0.39 is 53.8 Å². The molecule has 0 spiro atoms. The van der Waals surface area contributed by atoms with Gasteiger partial charge in [-0.05, 0) is 44.6 Å². The Morgan fingerprint density at radius 1 is 1.17 bits per heavy atom. The minimum atomic E-state index is -1.18. The molecule has 3 aliphatic rings. The van der Waals surface area contributed by atoms with Crippen molar-refractivity contribution in [2.24, 2.45) is 5.73 Å². The molecule has 1 aromatic rings. The summed E-state index contributed by atoms with van der Waals surface area (Å²) in [5.74, 6) is -1.54. The maximum atomic E-state index is 12.7. The molecule has 0 bridgehead atoms. The van der Waals surface area contributed by atoms with Crippen LogP contribution in [0.5, 0.6) is 0 Å². The summed E-state index contributed by atoms with van der Waals surface area (Å²) in [6.07, 6.45) is 3.15. The maximum absolute atomic E-state index is 12.7. The Labute approximate surface area is 200 Å². The van der Waals surface area contributed by atoms with Crippen LogP contribution in [0.1, 0.15) is 51.2 Å². The van der Waals surface area contributed by atoms with Gasteiger partial charge in [0, 0.05) is 25.2 Å². The van der Waals surface area contributed by atoms with E-state index in [4.69, 9.17) is 19.9 Å². The van der Waals surface area contributed by atoms with Crippen molar-refractivity contribution in [1.29, 1.82) is 0 Å². The molecule has 2 saturated heterocycles. The highest BCUT2D eigenvalue weighted by Gasteiger charge is 2.39. The first-order chi connectivity index (χ1) is 16.8. The lowest BCUT2D eigenvalue weighted by molar-refractivity contribution is -0.194. The number of nitrogens with zero attached hydrogens (tertiary/aromatic N) is 1. The largest absolute Gasteiger partial charge is 0.459 e. The normalized spacial score (nSPS) is 27.7. The number of carbonyl (C=O) groups is 3. The summed E-state index contributed by atoms with van der Waals surface area (Å²) >= 11 is 0. The number of hydrogen-bond acceptors (Lipinski definition) is 8. The topological polar surface area (TPSA) is 184 Å². The number of primary amides is 1. The molecule has 4 rings (SSSR count). The Morgan fingerprint density at radius 2 is 2.00 bits per heavy atom. The molecule has 2 fully saturated rings. The molecule has 3 amide bonds. The van der Waals surface area contributed by atoms with Gasteiger partial charge in [-0.15, -0.1) is 0 Å². The van der Waals surface area contributed by atoms with Gasteiger partial charge in [0.25, 0.3) is 11.5 Å². The molecular weight excluding hydrogens is 462 g/mol. The van der Waals surface area contributed by atoms with Gasteiger partial charge in [-0.3, -0.25) is 28.7 Å². The molecule has 0 radical (unpaired) electrons. The quantitative estimate of drug-likeness (QED) is 0.370. The highest BCUT2D eigenvalue weighted by Crippen LogP contribution is 2.31. The summed E-state index contributed by atoms with van der Waals surface area (Å²) in [5.41, 5.74) is 4.41. The summed E-state index contributed by atoms with van der Waals surface area (Å²) in [4.78, 5) is 62.5. The number of aromatic amines is 1. The average Bonchev–Trinajstić information content (AvgIpc) is 3.21. The lowest BCUT2D eigenvalue weighted by Crippen LogP contribution is -2.47. The predicted octanol–water partition coefficient (Wildman–Crippen LogP) is -1.11. The molecule has 13 heteroatoms. The zero-order chi connectivity index (χ0) is 24.9. The van der Waals surface area contributed by atoms with Crippen LogP contribution >= 0.6 is 0 Å². The Balaban J connectivity index is 1.36. The maximum Gasteiger partial charge on any atom is 0.330 e. The molecule has 5 N–H and O–H groups in total. The van der Waals surface area contributed by atoms with Gasteiger partial charge in [-0.25, -0.2) is 4.79 Å². The Hall–Kier alpha value is -3.45. The molecule has 5 atom stereocenters. The van der Waals surface area contributed by atoms with Gasteiger partial charge < -0.3 is 30.6 Å². The third-order valence-corrected chi connectivity index (χ3v) is 6.16. The molecular formula is C22H29N5O8. The first-order valence-corrected chi connectivity index (χ1v) is 11.7. The third-order valence-electron chi connectivity index (χ3n) is 6.16. The zero-order valence-electron chi connectivity index (χ0n) is 19.1. The van der Waals surface area contributed by atoms with Crippen molar-refractivity contribution in [3.63, 3.8) is 0 Å². The van der Waals surface area contributed by atoms with E-state index in [0.717, 1.165) is 12.8 Å². The van der Waals surface area contributed by atoms with Crippen LogP contribution in [-0.4, -0.2) is 58.4 Å². The second kappa shape index (κ2) is 10.9. The Kier molecular flexibility index (Phi) is 7.66. The molecule has 190 valence electrons. The van der Waals surface area contributed by atoms with Crippen molar-refractivity contribution < 1.29 is 28.6 Å². The predicted molar refractivity (Wildman–Crippen MR) is 120 cm³/mol. The highest BCUT2D eigenvalue weighted by molar-refractivity contribution is 5.95. The van der Waals surface area contributed by atoms with Crippen LogP contribution in [0.2, 0.25) is 0 Å². The molecule has 5 unspecified atom stereocenters. The SMILES string of the molecule is NC(=O)C(OC1CCC=C(C(=O)NC2CCCCNC2=O)O1)C1CCC(n2ccc(=O)[nH]c2=O)O1. The summed E-state index contributed by atoms with van der Waals surface area (Å²) < 4.78 is 18.6. The second-order valence-corrected chi connectivity index (χ2v) is 8.69. The van der Waals surface area contributed by atoms with Crippen LogP contribution in [0, 0.1) is 0 Å². The van der Waals surface area contributed by atoms with E-state index in [9.17, 15) is 24.0 Å². The number of ether oxygens (including phenoxy) is 3. The number of allylic oxidation sites excluding steroid dienone is 1.